The fraction of sp³-hybridized carbons (Fsp3) is 0.500. The molecule has 1 saturated heterocycles. The summed E-state index contributed by atoms with van der Waals surface area (Å²) < 4.78 is 0. The first-order valence-corrected chi connectivity index (χ1v) is 10.1. The molecule has 26 heavy (non-hydrogen) atoms. The molecule has 2 aromatic rings. The lowest BCUT2D eigenvalue weighted by Crippen LogP contribution is -2.50. The third-order valence-corrected chi connectivity index (χ3v) is 5.71. The summed E-state index contributed by atoms with van der Waals surface area (Å²) in [5.74, 6) is 0.472. The average molecular weight is 351 g/mol. The molecule has 2 nitrogen and oxygen atoms in total. The molecule has 0 atom stereocenters. The van der Waals surface area contributed by atoms with Crippen molar-refractivity contribution in [3.05, 3.63) is 71.8 Å². The second-order valence-corrected chi connectivity index (χ2v) is 8.55. The molecule has 140 valence electrons. The van der Waals surface area contributed by atoms with Gasteiger partial charge in [-0.05, 0) is 57.7 Å². The number of likely N-dealkylation sites (tertiary alicyclic amines) is 1. The van der Waals surface area contributed by atoms with Gasteiger partial charge in [-0.25, -0.2) is 0 Å². The van der Waals surface area contributed by atoms with Crippen LogP contribution in [0.5, 0.6) is 0 Å². The predicted molar refractivity (Wildman–Crippen MR) is 112 cm³/mol. The monoisotopic (exact) mass is 350 g/mol. The van der Waals surface area contributed by atoms with E-state index in [1.165, 1.54) is 37.1 Å². The van der Waals surface area contributed by atoms with Crippen molar-refractivity contribution < 1.29 is 0 Å². The zero-order valence-electron chi connectivity index (χ0n) is 16.6. The van der Waals surface area contributed by atoms with Gasteiger partial charge in [0, 0.05) is 30.6 Å². The fourth-order valence-corrected chi connectivity index (χ4v) is 4.08. The van der Waals surface area contributed by atoms with Gasteiger partial charge in [0.05, 0.1) is 0 Å². The second kappa shape index (κ2) is 8.83. The second-order valence-electron chi connectivity index (χ2n) is 8.55. The van der Waals surface area contributed by atoms with E-state index in [-0.39, 0.29) is 0 Å². The largest absolute Gasteiger partial charge is 0.314 e. The van der Waals surface area contributed by atoms with Crippen LogP contribution in [0.25, 0.3) is 0 Å². The van der Waals surface area contributed by atoms with Gasteiger partial charge in [0.2, 0.25) is 0 Å². The highest BCUT2D eigenvalue weighted by Gasteiger charge is 2.26. The number of hydrogen-bond acceptors (Lipinski definition) is 2. The lowest BCUT2D eigenvalue weighted by atomic mass is 9.88. The van der Waals surface area contributed by atoms with Crippen LogP contribution in [-0.4, -0.2) is 36.1 Å². The summed E-state index contributed by atoms with van der Waals surface area (Å²) in [7, 11) is 0. The van der Waals surface area contributed by atoms with Crippen molar-refractivity contribution >= 4 is 0 Å². The van der Waals surface area contributed by atoms with Crippen molar-refractivity contribution in [1.29, 1.82) is 0 Å². The van der Waals surface area contributed by atoms with Gasteiger partial charge in [0.25, 0.3) is 0 Å². The molecule has 3 rings (SSSR count). The maximum atomic E-state index is 3.84. The van der Waals surface area contributed by atoms with Crippen LogP contribution < -0.4 is 5.32 Å². The quantitative estimate of drug-likeness (QED) is 0.783. The van der Waals surface area contributed by atoms with E-state index in [0.29, 0.717) is 17.5 Å². The van der Waals surface area contributed by atoms with Crippen LogP contribution in [0.1, 0.15) is 57.1 Å². The van der Waals surface area contributed by atoms with Gasteiger partial charge in [-0.1, -0.05) is 60.7 Å². The van der Waals surface area contributed by atoms with Crippen molar-refractivity contribution in [3.8, 4) is 0 Å². The van der Waals surface area contributed by atoms with E-state index in [0.717, 1.165) is 13.0 Å². The normalized spacial score (nSPS) is 16.9. The standard InChI is InChI=1S/C24H34N2/c1-24(2,3)26-18-15-22(16-19-26)25-17-14-23(20-10-6-4-7-11-20)21-12-8-5-9-13-21/h4-13,22-23,25H,14-19H2,1-3H3. The maximum absolute atomic E-state index is 3.84. The highest BCUT2D eigenvalue weighted by Crippen LogP contribution is 2.27. The molecule has 0 aromatic heterocycles. The summed E-state index contributed by atoms with van der Waals surface area (Å²) in [6.07, 6.45) is 3.67. The Morgan fingerprint density at radius 2 is 1.38 bits per heavy atom. The smallest absolute Gasteiger partial charge is 0.0125 e. The average Bonchev–Trinajstić information content (AvgIpc) is 2.66. The SMILES string of the molecule is CC(C)(C)N1CCC(NCCC(c2ccccc2)c2ccccc2)CC1. The Kier molecular flexibility index (Phi) is 6.50. The molecule has 0 amide bonds. The molecule has 1 heterocycles. The van der Waals surface area contributed by atoms with Gasteiger partial charge < -0.3 is 5.32 Å². The molecule has 1 aliphatic heterocycles. The predicted octanol–water partition coefficient (Wildman–Crippen LogP) is 5.06. The van der Waals surface area contributed by atoms with Crippen LogP contribution in [0.2, 0.25) is 0 Å². The Morgan fingerprint density at radius 1 is 0.885 bits per heavy atom. The van der Waals surface area contributed by atoms with Crippen molar-refractivity contribution in [2.24, 2.45) is 0 Å². The number of nitrogens with one attached hydrogen (secondary N) is 1. The number of nitrogens with zero attached hydrogens (tertiary/aromatic N) is 1. The molecule has 0 bridgehead atoms. The molecule has 0 aliphatic carbocycles. The Bertz CT molecular complexity index is 597. The van der Waals surface area contributed by atoms with Crippen LogP contribution in [0.3, 0.4) is 0 Å². The number of hydrogen-bond donors (Lipinski definition) is 1. The molecule has 1 aliphatic rings. The van der Waals surface area contributed by atoms with Crippen molar-refractivity contribution in [2.45, 2.75) is 57.5 Å². The van der Waals surface area contributed by atoms with E-state index in [4.69, 9.17) is 0 Å². The minimum absolute atomic E-state index is 0.302. The molecule has 1 N–H and O–H groups in total. The third kappa shape index (κ3) is 5.18. The first kappa shape index (κ1) is 19.1. The number of rotatable bonds is 6. The van der Waals surface area contributed by atoms with Gasteiger partial charge in [0.1, 0.15) is 0 Å². The molecular weight excluding hydrogens is 316 g/mol. The van der Waals surface area contributed by atoms with Crippen LogP contribution in [-0.2, 0) is 0 Å². The minimum Gasteiger partial charge on any atom is -0.314 e. The Morgan fingerprint density at radius 3 is 1.85 bits per heavy atom. The maximum Gasteiger partial charge on any atom is 0.0125 e. The lowest BCUT2D eigenvalue weighted by molar-refractivity contribution is 0.0963. The zero-order chi connectivity index (χ0) is 18.4. The van der Waals surface area contributed by atoms with Gasteiger partial charge in [-0.3, -0.25) is 4.90 Å². The molecule has 2 aromatic carbocycles. The lowest BCUT2D eigenvalue weighted by Gasteiger charge is -2.41. The molecular formula is C24H34N2. The van der Waals surface area contributed by atoms with E-state index in [1.807, 2.05) is 0 Å². The summed E-state index contributed by atoms with van der Waals surface area (Å²) in [5, 5.41) is 3.84. The summed E-state index contributed by atoms with van der Waals surface area (Å²) in [4.78, 5) is 2.61. The highest BCUT2D eigenvalue weighted by molar-refractivity contribution is 5.32. The van der Waals surface area contributed by atoms with Crippen LogP contribution in [0.4, 0.5) is 0 Å². The Hall–Kier alpha value is -1.64. The van der Waals surface area contributed by atoms with Gasteiger partial charge in [-0.15, -0.1) is 0 Å². The first-order chi connectivity index (χ1) is 12.5. The number of benzene rings is 2. The summed E-state index contributed by atoms with van der Waals surface area (Å²) in [6, 6.07) is 22.5. The summed E-state index contributed by atoms with van der Waals surface area (Å²) in [5.41, 5.74) is 3.14. The molecule has 2 heteroatoms. The Labute approximate surface area is 159 Å². The first-order valence-electron chi connectivity index (χ1n) is 10.1. The van der Waals surface area contributed by atoms with E-state index < -0.39 is 0 Å². The molecule has 1 fully saturated rings. The van der Waals surface area contributed by atoms with Gasteiger partial charge in [0.15, 0.2) is 0 Å². The molecule has 0 radical (unpaired) electrons. The summed E-state index contributed by atoms with van der Waals surface area (Å²) in [6.45, 7) is 10.5. The van der Waals surface area contributed by atoms with E-state index >= 15 is 0 Å². The fourth-order valence-electron chi connectivity index (χ4n) is 4.08. The Balaban J connectivity index is 1.55. The van der Waals surface area contributed by atoms with E-state index in [1.54, 1.807) is 0 Å². The molecule has 0 spiro atoms. The number of piperidine rings is 1. The van der Waals surface area contributed by atoms with E-state index in [9.17, 15) is 0 Å². The topological polar surface area (TPSA) is 15.3 Å². The minimum atomic E-state index is 0.302. The van der Waals surface area contributed by atoms with Crippen molar-refractivity contribution in [3.63, 3.8) is 0 Å². The summed E-state index contributed by atoms with van der Waals surface area (Å²) >= 11 is 0. The molecule has 0 saturated carbocycles. The highest BCUT2D eigenvalue weighted by atomic mass is 15.2. The zero-order valence-corrected chi connectivity index (χ0v) is 16.6. The van der Waals surface area contributed by atoms with Gasteiger partial charge in [-0.2, -0.15) is 0 Å². The van der Waals surface area contributed by atoms with Crippen LogP contribution in [0, 0.1) is 0 Å². The third-order valence-electron chi connectivity index (χ3n) is 5.71. The van der Waals surface area contributed by atoms with Crippen LogP contribution in [0.15, 0.2) is 60.7 Å². The van der Waals surface area contributed by atoms with Gasteiger partial charge >= 0.3 is 0 Å². The van der Waals surface area contributed by atoms with Crippen molar-refractivity contribution in [2.75, 3.05) is 19.6 Å². The van der Waals surface area contributed by atoms with E-state index in [2.05, 4.69) is 91.7 Å². The molecule has 0 unspecified atom stereocenters. The van der Waals surface area contributed by atoms with Crippen LogP contribution >= 0.6 is 0 Å². The van der Waals surface area contributed by atoms with Crippen molar-refractivity contribution in [1.82, 2.24) is 10.2 Å².